The molecule has 0 spiro atoms. The van der Waals surface area contributed by atoms with E-state index in [-0.39, 0.29) is 0 Å². The quantitative estimate of drug-likeness (QED) is 0.797. The summed E-state index contributed by atoms with van der Waals surface area (Å²) >= 11 is 0. The first-order valence-corrected chi connectivity index (χ1v) is 7.95. The van der Waals surface area contributed by atoms with Crippen LogP contribution in [0.4, 0.5) is 0 Å². The highest BCUT2D eigenvalue weighted by molar-refractivity contribution is 5.06. The van der Waals surface area contributed by atoms with Crippen molar-refractivity contribution in [1.82, 2.24) is 15.1 Å². The molecule has 1 aromatic heterocycles. The van der Waals surface area contributed by atoms with Gasteiger partial charge < -0.3 is 5.32 Å². The van der Waals surface area contributed by atoms with Crippen LogP contribution in [0.3, 0.4) is 0 Å². The van der Waals surface area contributed by atoms with Gasteiger partial charge in [0.15, 0.2) is 0 Å². The molecule has 0 radical (unpaired) electrons. The summed E-state index contributed by atoms with van der Waals surface area (Å²) in [6.07, 6.45) is 8.14. The zero-order valence-corrected chi connectivity index (χ0v) is 12.8. The Morgan fingerprint density at radius 3 is 2.79 bits per heavy atom. The molecule has 2 rings (SSSR count). The second kappa shape index (κ2) is 7.09. The fourth-order valence-electron chi connectivity index (χ4n) is 3.38. The van der Waals surface area contributed by atoms with Gasteiger partial charge in [-0.05, 0) is 51.6 Å². The topological polar surface area (TPSA) is 29.9 Å². The molecule has 3 nitrogen and oxygen atoms in total. The maximum Gasteiger partial charge on any atom is 0.0596 e. The predicted octanol–water partition coefficient (Wildman–Crippen LogP) is 3.45. The highest BCUT2D eigenvalue weighted by Crippen LogP contribution is 2.26. The summed E-state index contributed by atoms with van der Waals surface area (Å²) in [6, 6.07) is 2.92. The van der Waals surface area contributed by atoms with Crippen LogP contribution in [0.5, 0.6) is 0 Å². The second-order valence-electron chi connectivity index (χ2n) is 6.02. The van der Waals surface area contributed by atoms with E-state index in [1.54, 1.807) is 0 Å². The van der Waals surface area contributed by atoms with Gasteiger partial charge in [-0.15, -0.1) is 0 Å². The molecule has 1 saturated carbocycles. The molecule has 0 aliphatic heterocycles. The Bertz CT molecular complexity index is 383. The van der Waals surface area contributed by atoms with E-state index < -0.39 is 0 Å². The molecular weight excluding hydrogens is 234 g/mol. The van der Waals surface area contributed by atoms with Crippen molar-refractivity contribution in [1.29, 1.82) is 0 Å². The van der Waals surface area contributed by atoms with E-state index in [1.807, 2.05) is 0 Å². The number of hydrogen-bond donors (Lipinski definition) is 1. The van der Waals surface area contributed by atoms with Crippen molar-refractivity contribution in [2.75, 3.05) is 6.54 Å². The van der Waals surface area contributed by atoms with Crippen LogP contribution in [-0.4, -0.2) is 22.4 Å². The minimum atomic E-state index is 0.763. The lowest BCUT2D eigenvalue weighted by atomic mass is 9.83. The van der Waals surface area contributed by atoms with Gasteiger partial charge in [-0.2, -0.15) is 5.10 Å². The summed E-state index contributed by atoms with van der Waals surface area (Å²) in [4.78, 5) is 0. The number of aryl methyl sites for hydroxylation is 3. The average Bonchev–Trinajstić information content (AvgIpc) is 2.73. The normalized spacial score (nSPS) is 23.7. The van der Waals surface area contributed by atoms with Gasteiger partial charge in [0, 0.05) is 18.3 Å². The van der Waals surface area contributed by atoms with Gasteiger partial charge in [-0.25, -0.2) is 0 Å². The molecule has 0 aromatic carbocycles. The van der Waals surface area contributed by atoms with E-state index in [0.29, 0.717) is 0 Å². The Kier molecular flexibility index (Phi) is 5.44. The summed E-state index contributed by atoms with van der Waals surface area (Å²) in [5.74, 6) is 0.905. The first kappa shape index (κ1) is 14.6. The molecule has 2 atom stereocenters. The van der Waals surface area contributed by atoms with Crippen molar-refractivity contribution in [2.45, 2.75) is 71.9 Å². The third kappa shape index (κ3) is 4.07. The molecule has 1 aromatic rings. The number of aromatic nitrogens is 2. The molecule has 1 heterocycles. The molecule has 0 bridgehead atoms. The maximum absolute atomic E-state index is 4.51. The number of rotatable bonds is 6. The van der Waals surface area contributed by atoms with E-state index in [4.69, 9.17) is 0 Å². The van der Waals surface area contributed by atoms with Crippen LogP contribution in [0.15, 0.2) is 6.07 Å². The zero-order valence-electron chi connectivity index (χ0n) is 12.8. The average molecular weight is 263 g/mol. The molecule has 1 aliphatic carbocycles. The molecule has 19 heavy (non-hydrogen) atoms. The SMILES string of the molecule is CCC1CCCCC1NCCCn1nc(C)cc1C. The number of nitrogens with zero attached hydrogens (tertiary/aromatic N) is 2. The van der Waals surface area contributed by atoms with Crippen molar-refractivity contribution in [2.24, 2.45) is 5.92 Å². The van der Waals surface area contributed by atoms with Crippen LogP contribution in [0, 0.1) is 19.8 Å². The molecule has 1 fully saturated rings. The molecule has 108 valence electrons. The van der Waals surface area contributed by atoms with Crippen molar-refractivity contribution in [3.8, 4) is 0 Å². The lowest BCUT2D eigenvalue weighted by Gasteiger charge is -2.31. The molecule has 1 aliphatic rings. The van der Waals surface area contributed by atoms with E-state index in [1.165, 1.54) is 44.2 Å². The van der Waals surface area contributed by atoms with Crippen LogP contribution in [0.25, 0.3) is 0 Å². The van der Waals surface area contributed by atoms with Crippen LogP contribution in [-0.2, 0) is 6.54 Å². The largest absolute Gasteiger partial charge is 0.314 e. The predicted molar refractivity (Wildman–Crippen MR) is 80.4 cm³/mol. The van der Waals surface area contributed by atoms with Crippen LogP contribution < -0.4 is 5.32 Å². The zero-order chi connectivity index (χ0) is 13.7. The van der Waals surface area contributed by atoms with Gasteiger partial charge in [-0.1, -0.05) is 26.2 Å². The molecular formula is C16H29N3. The lowest BCUT2D eigenvalue weighted by molar-refractivity contribution is 0.254. The summed E-state index contributed by atoms with van der Waals surface area (Å²) < 4.78 is 2.13. The second-order valence-corrected chi connectivity index (χ2v) is 6.02. The summed E-state index contributed by atoms with van der Waals surface area (Å²) in [5.41, 5.74) is 2.41. The summed E-state index contributed by atoms with van der Waals surface area (Å²) in [7, 11) is 0. The molecule has 0 saturated heterocycles. The van der Waals surface area contributed by atoms with Gasteiger partial charge in [0.05, 0.1) is 5.69 Å². The van der Waals surface area contributed by atoms with E-state index in [0.717, 1.165) is 30.7 Å². The third-order valence-electron chi connectivity index (χ3n) is 4.49. The van der Waals surface area contributed by atoms with Gasteiger partial charge in [0.2, 0.25) is 0 Å². The number of nitrogens with one attached hydrogen (secondary N) is 1. The van der Waals surface area contributed by atoms with Gasteiger partial charge in [-0.3, -0.25) is 4.68 Å². The Labute approximate surface area is 117 Å². The third-order valence-corrected chi connectivity index (χ3v) is 4.49. The Morgan fingerprint density at radius 1 is 1.32 bits per heavy atom. The van der Waals surface area contributed by atoms with Crippen molar-refractivity contribution in [3.63, 3.8) is 0 Å². The summed E-state index contributed by atoms with van der Waals surface area (Å²) in [5, 5.41) is 8.29. The highest BCUT2D eigenvalue weighted by atomic mass is 15.3. The van der Waals surface area contributed by atoms with Crippen LogP contribution in [0.1, 0.15) is 56.8 Å². The fourth-order valence-corrected chi connectivity index (χ4v) is 3.38. The van der Waals surface area contributed by atoms with Gasteiger partial charge >= 0.3 is 0 Å². The van der Waals surface area contributed by atoms with Crippen LogP contribution >= 0.6 is 0 Å². The van der Waals surface area contributed by atoms with E-state index in [2.05, 4.69) is 41.9 Å². The Morgan fingerprint density at radius 2 is 2.11 bits per heavy atom. The standard InChI is InChI=1S/C16H29N3/c1-4-15-8-5-6-9-16(15)17-10-7-11-19-14(3)12-13(2)18-19/h12,15-17H,4-11H2,1-3H3. The molecule has 2 unspecified atom stereocenters. The van der Waals surface area contributed by atoms with Gasteiger partial charge in [0.25, 0.3) is 0 Å². The van der Waals surface area contributed by atoms with Crippen molar-refractivity contribution < 1.29 is 0 Å². The molecule has 0 amide bonds. The maximum atomic E-state index is 4.51. The highest BCUT2D eigenvalue weighted by Gasteiger charge is 2.22. The smallest absolute Gasteiger partial charge is 0.0596 e. The minimum Gasteiger partial charge on any atom is -0.314 e. The van der Waals surface area contributed by atoms with E-state index in [9.17, 15) is 0 Å². The van der Waals surface area contributed by atoms with Crippen molar-refractivity contribution in [3.05, 3.63) is 17.5 Å². The van der Waals surface area contributed by atoms with Crippen molar-refractivity contribution >= 4 is 0 Å². The molecule has 1 N–H and O–H groups in total. The Balaban J connectivity index is 1.70. The van der Waals surface area contributed by atoms with E-state index >= 15 is 0 Å². The van der Waals surface area contributed by atoms with Gasteiger partial charge in [0.1, 0.15) is 0 Å². The Hall–Kier alpha value is -0.830. The van der Waals surface area contributed by atoms with Crippen LogP contribution in [0.2, 0.25) is 0 Å². The first-order chi connectivity index (χ1) is 9.20. The number of hydrogen-bond acceptors (Lipinski definition) is 2. The summed E-state index contributed by atoms with van der Waals surface area (Å²) in [6.45, 7) is 8.70. The first-order valence-electron chi connectivity index (χ1n) is 7.95. The monoisotopic (exact) mass is 263 g/mol. The lowest BCUT2D eigenvalue weighted by Crippen LogP contribution is -2.39. The minimum absolute atomic E-state index is 0.763. The molecule has 3 heteroatoms. The fraction of sp³-hybridized carbons (Fsp3) is 0.812.